The summed E-state index contributed by atoms with van der Waals surface area (Å²) < 4.78 is 105. The van der Waals surface area contributed by atoms with Gasteiger partial charge in [-0.1, -0.05) is 23.4 Å². The summed E-state index contributed by atoms with van der Waals surface area (Å²) in [4.78, 5) is 24.0. The Balaban J connectivity index is 1.19. The van der Waals surface area contributed by atoms with Crippen molar-refractivity contribution in [1.82, 2.24) is 19.7 Å². The van der Waals surface area contributed by atoms with Crippen LogP contribution in [0.2, 0.25) is 0 Å². The molecule has 1 aromatic carbocycles. The van der Waals surface area contributed by atoms with E-state index in [0.717, 1.165) is 5.01 Å². The van der Waals surface area contributed by atoms with Crippen molar-refractivity contribution in [3.8, 4) is 0 Å². The van der Waals surface area contributed by atoms with Crippen LogP contribution in [0.25, 0.3) is 0 Å². The van der Waals surface area contributed by atoms with Crippen molar-refractivity contribution in [2.75, 3.05) is 13.1 Å². The first-order chi connectivity index (χ1) is 19.3. The van der Waals surface area contributed by atoms with Crippen LogP contribution in [0.5, 0.6) is 0 Å². The van der Waals surface area contributed by atoms with E-state index in [0.29, 0.717) is 24.2 Å². The Bertz CT molecular complexity index is 1440. The molecule has 0 aliphatic carbocycles. The first-order valence-electron chi connectivity index (χ1n) is 12.3. The van der Waals surface area contributed by atoms with Gasteiger partial charge in [0, 0.05) is 48.0 Å². The molecule has 0 bridgehead atoms. The Morgan fingerprint density at radius 3 is 2.54 bits per heavy atom. The number of benzene rings is 1. The van der Waals surface area contributed by atoms with Gasteiger partial charge in [0.2, 0.25) is 5.91 Å². The molecule has 1 fully saturated rings. The lowest BCUT2D eigenvalue weighted by Crippen LogP contribution is -2.40. The largest absolute Gasteiger partial charge is 0.435 e. The Morgan fingerprint density at radius 1 is 1.15 bits per heavy atom. The van der Waals surface area contributed by atoms with Crippen molar-refractivity contribution in [2.24, 2.45) is 5.16 Å². The maximum Gasteiger partial charge on any atom is 0.435 e. The first kappa shape index (κ1) is 29.0. The lowest BCUT2D eigenvalue weighted by Gasteiger charge is -2.31. The minimum Gasteiger partial charge on any atom is -0.387 e. The van der Waals surface area contributed by atoms with Crippen LogP contribution in [-0.4, -0.2) is 44.4 Å². The van der Waals surface area contributed by atoms with Gasteiger partial charge >= 0.3 is 12.4 Å². The van der Waals surface area contributed by atoms with Gasteiger partial charge in [-0.3, -0.25) is 9.48 Å². The summed E-state index contributed by atoms with van der Waals surface area (Å²) in [5.41, 5.74) is -2.33. The van der Waals surface area contributed by atoms with Crippen LogP contribution in [0.15, 0.2) is 34.8 Å². The van der Waals surface area contributed by atoms with E-state index in [2.05, 4.69) is 21.3 Å². The highest BCUT2D eigenvalue weighted by atomic mass is 32.1. The Morgan fingerprint density at radius 2 is 1.88 bits per heavy atom. The van der Waals surface area contributed by atoms with Crippen LogP contribution >= 0.6 is 11.3 Å². The van der Waals surface area contributed by atoms with Gasteiger partial charge in [-0.2, -0.15) is 31.4 Å². The second-order valence-corrected chi connectivity index (χ2v) is 10.4. The van der Waals surface area contributed by atoms with E-state index in [-0.39, 0.29) is 47.3 Å². The highest BCUT2D eigenvalue weighted by Gasteiger charge is 2.42. The minimum absolute atomic E-state index is 0.0411. The van der Waals surface area contributed by atoms with Gasteiger partial charge in [-0.25, -0.2) is 13.8 Å². The fourth-order valence-corrected chi connectivity index (χ4v) is 5.73. The number of thiazole rings is 1. The molecule has 1 amide bonds. The summed E-state index contributed by atoms with van der Waals surface area (Å²) in [7, 11) is 0. The topological polar surface area (TPSA) is 72.6 Å². The molecule has 2 aliphatic heterocycles. The van der Waals surface area contributed by atoms with Crippen molar-refractivity contribution in [3.63, 3.8) is 0 Å². The number of nitrogens with zero attached hydrogens (tertiary/aromatic N) is 5. The van der Waals surface area contributed by atoms with Gasteiger partial charge in [0.15, 0.2) is 11.8 Å². The second kappa shape index (κ2) is 11.0. The maximum atomic E-state index is 13.4. The predicted octanol–water partition coefficient (Wildman–Crippen LogP) is 6.39. The van der Waals surface area contributed by atoms with Gasteiger partial charge < -0.3 is 9.74 Å². The number of likely N-dealkylation sites (tertiary alicyclic amines) is 1. The number of hydrogen-bond acceptors (Lipinski definition) is 6. The molecule has 1 atom stereocenters. The summed E-state index contributed by atoms with van der Waals surface area (Å²) in [5.74, 6) is -0.855. The summed E-state index contributed by atoms with van der Waals surface area (Å²) >= 11 is 1.35. The number of aromatic nitrogens is 3. The first-order valence-corrected chi connectivity index (χ1v) is 13.2. The molecule has 2 aromatic heterocycles. The molecule has 219 valence electrons. The quantitative estimate of drug-likeness (QED) is 0.305. The van der Waals surface area contributed by atoms with Crippen molar-refractivity contribution in [2.45, 2.75) is 56.6 Å². The zero-order valence-corrected chi connectivity index (χ0v) is 21.7. The third-order valence-electron chi connectivity index (χ3n) is 6.81. The molecule has 1 saturated heterocycles. The SMILES string of the molecule is O=C(Cn1nc(C(F)(F)F)cc1C(F)(F)F)N1CCC(c2nc(C3=NOC(c4[c]cccc4C(F)F)C3)cs2)CC1. The van der Waals surface area contributed by atoms with Crippen molar-refractivity contribution in [1.29, 1.82) is 0 Å². The molecular weight excluding hydrogens is 586 g/mol. The molecule has 3 aromatic rings. The molecule has 5 rings (SSSR count). The monoisotopic (exact) mass is 606 g/mol. The highest BCUT2D eigenvalue weighted by molar-refractivity contribution is 7.10. The number of carbonyl (C=O) groups excluding carboxylic acids is 1. The van der Waals surface area contributed by atoms with Crippen LogP contribution < -0.4 is 0 Å². The molecule has 1 unspecified atom stereocenters. The molecule has 0 N–H and O–H groups in total. The molecule has 41 heavy (non-hydrogen) atoms. The third kappa shape index (κ3) is 6.21. The number of amides is 1. The lowest BCUT2D eigenvalue weighted by molar-refractivity contribution is -0.146. The van der Waals surface area contributed by atoms with Crippen molar-refractivity contribution >= 4 is 23.0 Å². The fraction of sp³-hybridized carbons (Fsp3) is 0.440. The molecule has 1 radical (unpaired) electrons. The zero-order valence-electron chi connectivity index (χ0n) is 20.8. The molecular formula is C25H20F8N5O2S. The van der Waals surface area contributed by atoms with E-state index in [1.807, 2.05) is 0 Å². The van der Waals surface area contributed by atoms with Crippen molar-refractivity contribution in [3.05, 3.63) is 68.9 Å². The van der Waals surface area contributed by atoms with E-state index in [9.17, 15) is 39.9 Å². The van der Waals surface area contributed by atoms with E-state index in [1.54, 1.807) is 5.38 Å². The van der Waals surface area contributed by atoms with Crippen LogP contribution in [0.1, 0.15) is 70.9 Å². The number of rotatable bonds is 6. The molecule has 0 saturated carbocycles. The summed E-state index contributed by atoms with van der Waals surface area (Å²) in [5, 5.41) is 9.50. The molecule has 0 spiro atoms. The Hall–Kier alpha value is -3.56. The number of carbonyl (C=O) groups is 1. The fourth-order valence-electron chi connectivity index (χ4n) is 4.73. The van der Waals surface area contributed by atoms with Gasteiger partial charge in [0.1, 0.15) is 18.0 Å². The maximum absolute atomic E-state index is 13.4. The second-order valence-electron chi connectivity index (χ2n) is 9.47. The number of hydrogen-bond donors (Lipinski definition) is 0. The summed E-state index contributed by atoms with van der Waals surface area (Å²) in [6.07, 6.45) is -12.5. The highest BCUT2D eigenvalue weighted by Crippen LogP contribution is 2.38. The van der Waals surface area contributed by atoms with E-state index in [1.165, 1.54) is 34.4 Å². The van der Waals surface area contributed by atoms with Crippen LogP contribution in [0.3, 0.4) is 0 Å². The third-order valence-corrected chi connectivity index (χ3v) is 7.82. The summed E-state index contributed by atoms with van der Waals surface area (Å²) in [6, 6.07) is 6.97. The number of oxime groups is 1. The van der Waals surface area contributed by atoms with Gasteiger partial charge in [-0.05, 0) is 18.9 Å². The molecule has 16 heteroatoms. The number of piperidine rings is 1. The van der Waals surface area contributed by atoms with E-state index < -0.39 is 48.7 Å². The van der Waals surface area contributed by atoms with Crippen LogP contribution in [-0.2, 0) is 28.5 Å². The minimum atomic E-state index is -5.12. The Labute approximate surface area is 231 Å². The van der Waals surface area contributed by atoms with Crippen LogP contribution in [0.4, 0.5) is 35.1 Å². The van der Waals surface area contributed by atoms with E-state index in [4.69, 9.17) is 4.84 Å². The summed E-state index contributed by atoms with van der Waals surface area (Å²) in [6.45, 7) is -0.650. The van der Waals surface area contributed by atoms with E-state index >= 15 is 0 Å². The standard InChI is InChI=1S/C25H20F8N5O2S/c26-22(27)15-4-2-1-3-14(15)18-9-16(36-40-18)17-12-41-23(34-17)13-5-7-37(8-6-13)21(39)11-38-20(25(31,32)33)10-19(35-38)24(28,29)30/h1-2,4,10,12-13,18,22H,5-9,11H2. The average molecular weight is 607 g/mol. The molecule has 2 aliphatic rings. The molecule has 7 nitrogen and oxygen atoms in total. The molecule has 4 heterocycles. The van der Waals surface area contributed by atoms with Gasteiger partial charge in [0.05, 0.1) is 10.7 Å². The normalized spacial score (nSPS) is 18.6. The average Bonchev–Trinajstić information content (AvgIpc) is 3.67. The van der Waals surface area contributed by atoms with Crippen molar-refractivity contribution < 1.29 is 44.8 Å². The van der Waals surface area contributed by atoms with Gasteiger partial charge in [-0.15, -0.1) is 11.3 Å². The predicted molar refractivity (Wildman–Crippen MR) is 128 cm³/mol. The number of alkyl halides is 8. The lowest BCUT2D eigenvalue weighted by atomic mass is 9.97. The Kier molecular flexibility index (Phi) is 7.78. The van der Waals surface area contributed by atoms with Gasteiger partial charge in [0.25, 0.3) is 6.43 Å². The van der Waals surface area contributed by atoms with Crippen LogP contribution in [0, 0.1) is 6.07 Å². The zero-order chi connectivity index (χ0) is 29.5. The smallest absolute Gasteiger partial charge is 0.387 e. The number of halogens is 8.